The Bertz CT molecular complexity index is 1130. The fraction of sp³-hybridized carbons (Fsp3) is 0.250. The number of aryl methyl sites for hydroxylation is 1. The lowest BCUT2D eigenvalue weighted by Crippen LogP contribution is -2.27. The number of nitrogens with zero attached hydrogens (tertiary/aromatic N) is 4. The minimum absolute atomic E-state index is 0.0807. The standard InChI is InChI=1S/C20H18FN5O3/c1-11-13(7-8-16(27)24-12-6-9-17(29-2)22-10-12)20(28)26-19(23-11)18-14(21)4-3-5-15(18)25-26/h3-6,9-10,18H,7-8H2,1-2H3,(H,24,27). The molecule has 1 aliphatic carbocycles. The van der Waals surface area contributed by atoms with Crippen LogP contribution in [0.1, 0.15) is 29.4 Å². The summed E-state index contributed by atoms with van der Waals surface area (Å²) in [6.45, 7) is 1.68. The molecule has 2 aromatic heterocycles. The van der Waals surface area contributed by atoms with Gasteiger partial charge in [0.1, 0.15) is 17.6 Å². The number of allylic oxidation sites excluding steroid dienone is 4. The minimum Gasteiger partial charge on any atom is -0.481 e. The molecule has 0 aromatic carbocycles. The topological polar surface area (TPSA) is 98.5 Å². The summed E-state index contributed by atoms with van der Waals surface area (Å²) in [5.74, 6) is -0.703. The van der Waals surface area contributed by atoms with Crippen molar-refractivity contribution in [2.45, 2.75) is 25.7 Å². The molecule has 8 nitrogen and oxygen atoms in total. The third kappa shape index (κ3) is 3.46. The summed E-state index contributed by atoms with van der Waals surface area (Å²) in [5, 5.41) is 6.93. The molecule has 0 saturated carbocycles. The van der Waals surface area contributed by atoms with Gasteiger partial charge in [-0.3, -0.25) is 9.59 Å². The number of methoxy groups -OCH3 is 1. The van der Waals surface area contributed by atoms with E-state index in [1.54, 1.807) is 31.2 Å². The number of fused-ring (bicyclic) bond motifs is 3. The first-order valence-corrected chi connectivity index (χ1v) is 9.03. The van der Waals surface area contributed by atoms with E-state index in [1.165, 1.54) is 19.4 Å². The van der Waals surface area contributed by atoms with Crippen LogP contribution >= 0.6 is 0 Å². The van der Waals surface area contributed by atoms with Crippen molar-refractivity contribution in [2.75, 3.05) is 12.4 Å². The molecule has 0 radical (unpaired) electrons. The number of rotatable bonds is 5. The van der Waals surface area contributed by atoms with Crippen molar-refractivity contribution in [3.8, 4) is 5.88 Å². The highest BCUT2D eigenvalue weighted by atomic mass is 19.1. The Hall–Kier alpha value is -3.62. The van der Waals surface area contributed by atoms with Crippen LogP contribution in [0.15, 0.2) is 52.3 Å². The summed E-state index contributed by atoms with van der Waals surface area (Å²) in [6.07, 6.45) is 6.31. The highest BCUT2D eigenvalue weighted by Gasteiger charge is 2.34. The maximum atomic E-state index is 14.2. The lowest BCUT2D eigenvalue weighted by atomic mass is 9.97. The minimum atomic E-state index is -0.744. The first-order chi connectivity index (χ1) is 14.0. The van der Waals surface area contributed by atoms with Crippen molar-refractivity contribution in [2.24, 2.45) is 5.10 Å². The van der Waals surface area contributed by atoms with Gasteiger partial charge in [-0.15, -0.1) is 0 Å². The van der Waals surface area contributed by atoms with Crippen LogP contribution < -0.4 is 15.6 Å². The number of ether oxygens (including phenoxy) is 1. The fourth-order valence-corrected chi connectivity index (χ4v) is 3.32. The van der Waals surface area contributed by atoms with Crippen LogP contribution in [0.4, 0.5) is 10.1 Å². The molecule has 29 heavy (non-hydrogen) atoms. The van der Waals surface area contributed by atoms with Gasteiger partial charge in [-0.1, -0.05) is 6.08 Å². The molecule has 1 aliphatic heterocycles. The Morgan fingerprint density at radius 3 is 2.93 bits per heavy atom. The molecule has 1 atom stereocenters. The highest BCUT2D eigenvalue weighted by molar-refractivity contribution is 6.04. The summed E-state index contributed by atoms with van der Waals surface area (Å²) < 4.78 is 20.3. The summed E-state index contributed by atoms with van der Waals surface area (Å²) in [4.78, 5) is 33.5. The molecular weight excluding hydrogens is 377 g/mol. The van der Waals surface area contributed by atoms with Gasteiger partial charge in [0.15, 0.2) is 0 Å². The molecule has 2 aromatic rings. The van der Waals surface area contributed by atoms with Crippen molar-refractivity contribution in [1.82, 2.24) is 14.6 Å². The average molecular weight is 395 g/mol. The van der Waals surface area contributed by atoms with Crippen LogP contribution in [0.3, 0.4) is 0 Å². The van der Waals surface area contributed by atoms with Gasteiger partial charge in [-0.2, -0.15) is 9.78 Å². The number of carbonyl (C=O) groups is 1. The second-order valence-corrected chi connectivity index (χ2v) is 6.66. The van der Waals surface area contributed by atoms with E-state index in [-0.39, 0.29) is 30.1 Å². The average Bonchev–Trinajstić information content (AvgIpc) is 3.08. The van der Waals surface area contributed by atoms with E-state index >= 15 is 0 Å². The molecule has 4 rings (SSSR count). The Morgan fingerprint density at radius 2 is 2.21 bits per heavy atom. The van der Waals surface area contributed by atoms with Gasteiger partial charge in [-0.05, 0) is 31.6 Å². The van der Waals surface area contributed by atoms with Crippen LogP contribution in [-0.4, -0.2) is 33.4 Å². The summed E-state index contributed by atoms with van der Waals surface area (Å²) in [6, 6.07) is 3.31. The SMILES string of the molecule is COc1ccc(NC(=O)CCc2c(C)nc3n(c2=O)N=C2C=CC=C(F)C23)cn1. The monoisotopic (exact) mass is 395 g/mol. The molecule has 2 aliphatic rings. The maximum absolute atomic E-state index is 14.2. The number of halogens is 1. The number of hydrogen-bond donors (Lipinski definition) is 1. The molecule has 1 amide bonds. The quantitative estimate of drug-likeness (QED) is 0.837. The smallest absolute Gasteiger partial charge is 0.277 e. The number of anilines is 1. The van der Waals surface area contributed by atoms with Gasteiger partial charge in [-0.25, -0.2) is 14.4 Å². The van der Waals surface area contributed by atoms with Crippen LogP contribution in [0.5, 0.6) is 5.88 Å². The number of amides is 1. The molecule has 0 bridgehead atoms. The normalized spacial score (nSPS) is 16.6. The zero-order chi connectivity index (χ0) is 20.5. The van der Waals surface area contributed by atoms with Crippen molar-refractivity contribution >= 4 is 17.3 Å². The number of hydrogen-bond acceptors (Lipinski definition) is 6. The lowest BCUT2D eigenvalue weighted by Gasteiger charge is -2.13. The molecule has 148 valence electrons. The molecule has 0 spiro atoms. The summed E-state index contributed by atoms with van der Waals surface area (Å²) in [7, 11) is 1.51. The zero-order valence-electron chi connectivity index (χ0n) is 15.8. The predicted octanol–water partition coefficient (Wildman–Crippen LogP) is 2.25. The van der Waals surface area contributed by atoms with Crippen molar-refractivity contribution in [3.05, 3.63) is 69.8 Å². The zero-order valence-corrected chi connectivity index (χ0v) is 15.8. The number of pyridine rings is 1. The van der Waals surface area contributed by atoms with E-state index in [2.05, 4.69) is 20.4 Å². The fourth-order valence-electron chi connectivity index (χ4n) is 3.32. The molecule has 3 heterocycles. The lowest BCUT2D eigenvalue weighted by molar-refractivity contribution is -0.116. The number of nitrogens with one attached hydrogen (secondary N) is 1. The summed E-state index contributed by atoms with van der Waals surface area (Å²) in [5.41, 5.74) is 1.44. The van der Waals surface area contributed by atoms with Crippen LogP contribution in [0.2, 0.25) is 0 Å². The van der Waals surface area contributed by atoms with Gasteiger partial charge >= 0.3 is 0 Å². The van der Waals surface area contributed by atoms with Crippen molar-refractivity contribution in [3.63, 3.8) is 0 Å². The van der Waals surface area contributed by atoms with Gasteiger partial charge < -0.3 is 10.1 Å². The first-order valence-electron chi connectivity index (χ1n) is 9.03. The maximum Gasteiger partial charge on any atom is 0.277 e. The largest absolute Gasteiger partial charge is 0.481 e. The molecule has 1 unspecified atom stereocenters. The Balaban J connectivity index is 1.51. The highest BCUT2D eigenvalue weighted by Crippen LogP contribution is 2.33. The van der Waals surface area contributed by atoms with E-state index < -0.39 is 11.7 Å². The first kappa shape index (κ1) is 18.7. The third-order valence-corrected chi connectivity index (χ3v) is 4.79. The van der Waals surface area contributed by atoms with E-state index in [0.717, 1.165) is 4.68 Å². The Morgan fingerprint density at radius 1 is 1.38 bits per heavy atom. The van der Waals surface area contributed by atoms with Crippen molar-refractivity contribution < 1.29 is 13.9 Å². The summed E-state index contributed by atoms with van der Waals surface area (Å²) >= 11 is 0. The number of aromatic nitrogens is 3. The third-order valence-electron chi connectivity index (χ3n) is 4.79. The Kier molecular flexibility index (Phi) is 4.79. The molecule has 1 N–H and O–H groups in total. The molecule has 0 fully saturated rings. The van der Waals surface area contributed by atoms with Gasteiger partial charge in [0.05, 0.1) is 24.7 Å². The molecular formula is C20H18FN5O3. The van der Waals surface area contributed by atoms with Gasteiger partial charge in [0, 0.05) is 23.7 Å². The van der Waals surface area contributed by atoms with Crippen LogP contribution in [-0.2, 0) is 11.2 Å². The predicted molar refractivity (Wildman–Crippen MR) is 105 cm³/mol. The number of carbonyl (C=O) groups excluding carboxylic acids is 1. The van der Waals surface area contributed by atoms with Crippen LogP contribution in [0, 0.1) is 6.92 Å². The second kappa shape index (κ2) is 7.42. The van der Waals surface area contributed by atoms with Crippen LogP contribution in [0.25, 0.3) is 0 Å². The van der Waals surface area contributed by atoms with E-state index in [0.29, 0.717) is 28.5 Å². The molecule has 9 heteroatoms. The second-order valence-electron chi connectivity index (χ2n) is 6.66. The van der Waals surface area contributed by atoms with Crippen molar-refractivity contribution in [1.29, 1.82) is 0 Å². The Labute approximate surface area is 165 Å². The van der Waals surface area contributed by atoms with Gasteiger partial charge in [0.25, 0.3) is 5.56 Å². The van der Waals surface area contributed by atoms with Gasteiger partial charge in [0.2, 0.25) is 11.8 Å². The van der Waals surface area contributed by atoms with E-state index in [9.17, 15) is 14.0 Å². The molecule has 0 saturated heterocycles. The van der Waals surface area contributed by atoms with E-state index in [1.807, 2.05) is 0 Å². The van der Waals surface area contributed by atoms with E-state index in [4.69, 9.17) is 4.74 Å².